The Labute approximate surface area is 131 Å². The van der Waals surface area contributed by atoms with Gasteiger partial charge < -0.3 is 5.73 Å². The van der Waals surface area contributed by atoms with Gasteiger partial charge in [-0.05, 0) is 47.3 Å². The Morgan fingerprint density at radius 1 is 1.58 bits per heavy atom. The summed E-state index contributed by atoms with van der Waals surface area (Å²) in [6.07, 6.45) is 2.85. The first-order valence-corrected chi connectivity index (χ1v) is 10.2. The maximum Gasteiger partial charge on any atom is 0.245 e. The topological polar surface area (TPSA) is 63.4 Å². The molecule has 0 aliphatic heterocycles. The van der Waals surface area contributed by atoms with Crippen LogP contribution < -0.4 is 5.73 Å². The summed E-state index contributed by atoms with van der Waals surface area (Å²) < 4.78 is 27.1. The van der Waals surface area contributed by atoms with E-state index in [0.717, 1.165) is 17.1 Å². The molecule has 1 unspecified atom stereocenters. The third-order valence-electron chi connectivity index (χ3n) is 2.93. The smallest absolute Gasteiger partial charge is 0.245 e. The van der Waals surface area contributed by atoms with E-state index in [2.05, 4.69) is 15.9 Å². The van der Waals surface area contributed by atoms with Crippen LogP contribution in [0.5, 0.6) is 0 Å². The van der Waals surface area contributed by atoms with Crippen LogP contribution in [0.15, 0.2) is 14.7 Å². The molecule has 0 saturated heterocycles. The first kappa shape index (κ1) is 17.5. The zero-order valence-corrected chi connectivity index (χ0v) is 15.3. The van der Waals surface area contributed by atoms with Gasteiger partial charge in [0.2, 0.25) is 10.0 Å². The molecule has 0 spiro atoms. The minimum atomic E-state index is -3.46. The van der Waals surface area contributed by atoms with Crippen LogP contribution in [0.25, 0.3) is 0 Å². The fourth-order valence-corrected chi connectivity index (χ4v) is 6.01. The molecule has 1 aromatic heterocycles. The van der Waals surface area contributed by atoms with Crippen LogP contribution in [0.3, 0.4) is 0 Å². The van der Waals surface area contributed by atoms with Gasteiger partial charge in [0.15, 0.2) is 0 Å². The monoisotopic (exact) mass is 386 g/mol. The van der Waals surface area contributed by atoms with E-state index in [0.29, 0.717) is 15.2 Å². The maximum absolute atomic E-state index is 12.5. The van der Waals surface area contributed by atoms with Crippen LogP contribution in [0.1, 0.15) is 18.2 Å². The zero-order chi connectivity index (χ0) is 14.6. The number of hydrogen-bond acceptors (Lipinski definition) is 5. The summed E-state index contributed by atoms with van der Waals surface area (Å²) in [6.45, 7) is 2.28. The molecule has 110 valence electrons. The molecule has 1 aromatic rings. The van der Waals surface area contributed by atoms with Gasteiger partial charge in [0.05, 0.1) is 3.79 Å². The predicted molar refractivity (Wildman–Crippen MR) is 87.3 cm³/mol. The Morgan fingerprint density at radius 2 is 2.21 bits per heavy atom. The van der Waals surface area contributed by atoms with Crippen molar-refractivity contribution in [3.05, 3.63) is 14.7 Å². The Kier molecular flexibility index (Phi) is 6.82. The Morgan fingerprint density at radius 3 is 2.68 bits per heavy atom. The highest BCUT2D eigenvalue weighted by Gasteiger charge is 2.28. The molecular weight excluding hydrogens is 368 g/mol. The second-order valence-corrected chi connectivity index (χ2v) is 9.61. The average molecular weight is 387 g/mol. The Balaban J connectivity index is 2.99. The molecule has 4 nitrogen and oxygen atoms in total. The van der Waals surface area contributed by atoms with E-state index >= 15 is 0 Å². The summed E-state index contributed by atoms with van der Waals surface area (Å²) in [5.41, 5.74) is 5.56. The van der Waals surface area contributed by atoms with Crippen LogP contribution in [-0.4, -0.2) is 37.8 Å². The van der Waals surface area contributed by atoms with Gasteiger partial charge in [-0.15, -0.1) is 11.3 Å². The van der Waals surface area contributed by atoms with Crippen LogP contribution in [0.2, 0.25) is 0 Å². The number of nitrogens with zero attached hydrogens (tertiary/aromatic N) is 1. The number of rotatable bonds is 7. The number of sulfonamides is 1. The van der Waals surface area contributed by atoms with E-state index in [1.165, 1.54) is 15.6 Å². The minimum Gasteiger partial charge on any atom is -0.326 e. The standard InChI is InChI=1S/C11H19BrN2O2S3/c1-8(4-5-17-3)14(2)19(15,16)10-6-9(7-13)18-11(10)12/h6,8H,4-5,7,13H2,1-3H3. The van der Waals surface area contributed by atoms with Crippen molar-refractivity contribution in [2.45, 2.75) is 30.8 Å². The van der Waals surface area contributed by atoms with Gasteiger partial charge in [0, 0.05) is 24.5 Å². The van der Waals surface area contributed by atoms with Gasteiger partial charge in [0.1, 0.15) is 4.90 Å². The highest BCUT2D eigenvalue weighted by atomic mass is 79.9. The fraction of sp³-hybridized carbons (Fsp3) is 0.636. The van der Waals surface area contributed by atoms with E-state index in [-0.39, 0.29) is 6.04 Å². The molecule has 0 fully saturated rings. The quantitative estimate of drug-likeness (QED) is 0.782. The van der Waals surface area contributed by atoms with Gasteiger partial charge in [-0.2, -0.15) is 16.1 Å². The van der Waals surface area contributed by atoms with Gasteiger partial charge in [-0.3, -0.25) is 0 Å². The molecule has 0 aliphatic rings. The summed E-state index contributed by atoms with van der Waals surface area (Å²) in [7, 11) is -1.83. The third kappa shape index (κ3) is 4.18. The number of nitrogens with two attached hydrogens (primary N) is 1. The molecule has 8 heteroatoms. The molecule has 0 aromatic carbocycles. The molecule has 19 heavy (non-hydrogen) atoms. The normalized spacial score (nSPS) is 14.0. The van der Waals surface area contributed by atoms with E-state index < -0.39 is 10.0 Å². The second-order valence-electron chi connectivity index (χ2n) is 4.21. The summed E-state index contributed by atoms with van der Waals surface area (Å²) in [5, 5.41) is 0. The second kappa shape index (κ2) is 7.42. The molecular formula is C11H19BrN2O2S3. The lowest BCUT2D eigenvalue weighted by Crippen LogP contribution is -2.35. The first-order chi connectivity index (χ1) is 8.84. The maximum atomic E-state index is 12.5. The molecule has 0 aliphatic carbocycles. The molecule has 0 saturated carbocycles. The third-order valence-corrected chi connectivity index (χ3v) is 7.82. The zero-order valence-electron chi connectivity index (χ0n) is 11.2. The average Bonchev–Trinajstić information content (AvgIpc) is 2.76. The minimum absolute atomic E-state index is 0.0226. The molecule has 0 bridgehead atoms. The SMILES string of the molecule is CSCCC(C)N(C)S(=O)(=O)c1cc(CN)sc1Br. The van der Waals surface area contributed by atoms with E-state index in [1.54, 1.807) is 24.9 Å². The highest BCUT2D eigenvalue weighted by molar-refractivity contribution is 9.11. The molecule has 0 amide bonds. The Bertz CT molecular complexity index is 516. The highest BCUT2D eigenvalue weighted by Crippen LogP contribution is 2.33. The molecule has 1 heterocycles. The van der Waals surface area contributed by atoms with Crippen molar-refractivity contribution in [1.29, 1.82) is 0 Å². The Hall–Kier alpha value is 0.400. The van der Waals surface area contributed by atoms with Gasteiger partial charge in [-0.25, -0.2) is 8.42 Å². The van der Waals surface area contributed by atoms with Crippen LogP contribution >= 0.6 is 39.0 Å². The van der Waals surface area contributed by atoms with Crippen LogP contribution in [0, 0.1) is 0 Å². The van der Waals surface area contributed by atoms with E-state index in [9.17, 15) is 8.42 Å². The molecule has 2 N–H and O–H groups in total. The van der Waals surface area contributed by atoms with Crippen molar-refractivity contribution in [1.82, 2.24) is 4.31 Å². The van der Waals surface area contributed by atoms with Crippen molar-refractivity contribution in [2.75, 3.05) is 19.1 Å². The summed E-state index contributed by atoms with van der Waals surface area (Å²) in [6, 6.07) is 1.63. The van der Waals surface area contributed by atoms with Gasteiger partial charge in [0.25, 0.3) is 0 Å². The van der Waals surface area contributed by atoms with Crippen molar-refractivity contribution in [3.63, 3.8) is 0 Å². The van der Waals surface area contributed by atoms with E-state index in [1.807, 2.05) is 13.2 Å². The fourth-order valence-electron chi connectivity index (χ4n) is 1.54. The van der Waals surface area contributed by atoms with Crippen LogP contribution in [0.4, 0.5) is 0 Å². The number of thioether (sulfide) groups is 1. The lowest BCUT2D eigenvalue weighted by Gasteiger charge is -2.23. The number of thiophene rings is 1. The molecule has 0 radical (unpaired) electrons. The summed E-state index contributed by atoms with van der Waals surface area (Å²) in [4.78, 5) is 1.17. The van der Waals surface area contributed by atoms with Gasteiger partial charge >= 0.3 is 0 Å². The lowest BCUT2D eigenvalue weighted by molar-refractivity contribution is 0.382. The predicted octanol–water partition coefficient (Wildman–Crippen LogP) is 2.73. The first-order valence-electron chi connectivity index (χ1n) is 5.79. The largest absolute Gasteiger partial charge is 0.326 e. The number of halogens is 1. The lowest BCUT2D eigenvalue weighted by atomic mass is 10.3. The van der Waals surface area contributed by atoms with Gasteiger partial charge in [-0.1, -0.05) is 0 Å². The molecule has 1 atom stereocenters. The van der Waals surface area contributed by atoms with Crippen molar-refractivity contribution in [2.24, 2.45) is 5.73 Å². The van der Waals surface area contributed by atoms with Crippen molar-refractivity contribution >= 4 is 49.1 Å². The summed E-state index contributed by atoms with van der Waals surface area (Å²) >= 11 is 6.41. The molecule has 1 rings (SSSR count). The summed E-state index contributed by atoms with van der Waals surface area (Å²) in [5.74, 6) is 0.944. The van der Waals surface area contributed by atoms with Crippen molar-refractivity contribution < 1.29 is 8.42 Å². The van der Waals surface area contributed by atoms with Crippen molar-refractivity contribution in [3.8, 4) is 0 Å². The van der Waals surface area contributed by atoms with E-state index in [4.69, 9.17) is 5.73 Å². The number of hydrogen-bond donors (Lipinski definition) is 1. The van der Waals surface area contributed by atoms with Crippen LogP contribution in [-0.2, 0) is 16.6 Å².